The van der Waals surface area contributed by atoms with Gasteiger partial charge in [0.2, 0.25) is 5.78 Å². The van der Waals surface area contributed by atoms with Crippen molar-refractivity contribution in [2.45, 2.75) is 25.2 Å². The van der Waals surface area contributed by atoms with Crippen LogP contribution in [0.2, 0.25) is 0 Å². The van der Waals surface area contributed by atoms with Crippen LogP contribution in [0.15, 0.2) is 46.2 Å². The third-order valence-corrected chi connectivity index (χ3v) is 5.03. The number of hydrogen-bond donors (Lipinski definition) is 0. The van der Waals surface area contributed by atoms with Crippen LogP contribution in [-0.2, 0) is 6.42 Å². The molecule has 0 saturated carbocycles. The first kappa shape index (κ1) is 11.9. The molecule has 20 heavy (non-hydrogen) atoms. The molecule has 3 aromatic rings. The van der Waals surface area contributed by atoms with Gasteiger partial charge in [0.25, 0.3) is 0 Å². The quantitative estimate of drug-likeness (QED) is 0.632. The van der Waals surface area contributed by atoms with E-state index < -0.39 is 0 Å². The highest BCUT2D eigenvalue weighted by Gasteiger charge is 2.29. The van der Waals surface area contributed by atoms with Gasteiger partial charge in [0, 0.05) is 10.3 Å². The minimum absolute atomic E-state index is 0.0226. The molecule has 0 aliphatic heterocycles. The largest absolute Gasteiger partial charge is 0.453 e. The van der Waals surface area contributed by atoms with E-state index in [4.69, 9.17) is 4.42 Å². The maximum Gasteiger partial charge on any atom is 0.205 e. The van der Waals surface area contributed by atoms with Crippen LogP contribution in [0, 0.1) is 0 Å². The highest BCUT2D eigenvalue weighted by molar-refractivity contribution is 7.10. The molecule has 4 rings (SSSR count). The summed E-state index contributed by atoms with van der Waals surface area (Å²) in [7, 11) is 0. The van der Waals surface area contributed by atoms with Crippen LogP contribution in [0.5, 0.6) is 0 Å². The van der Waals surface area contributed by atoms with E-state index in [1.807, 2.05) is 30.3 Å². The molecule has 0 fully saturated rings. The van der Waals surface area contributed by atoms with Crippen molar-refractivity contribution in [3.8, 4) is 0 Å². The molecule has 2 aromatic heterocycles. The van der Waals surface area contributed by atoms with Gasteiger partial charge in [-0.15, -0.1) is 11.3 Å². The summed E-state index contributed by atoms with van der Waals surface area (Å²) in [5.41, 5.74) is 2.00. The van der Waals surface area contributed by atoms with E-state index in [0.29, 0.717) is 5.76 Å². The first-order valence-corrected chi connectivity index (χ1v) is 7.80. The molecule has 1 aromatic carbocycles. The van der Waals surface area contributed by atoms with E-state index in [2.05, 4.69) is 11.4 Å². The van der Waals surface area contributed by atoms with E-state index in [9.17, 15) is 4.79 Å². The Kier molecular flexibility index (Phi) is 2.74. The first-order chi connectivity index (χ1) is 9.83. The molecule has 0 amide bonds. The maximum atomic E-state index is 12.7. The summed E-state index contributed by atoms with van der Waals surface area (Å²) in [6, 6.07) is 11.7. The molecular weight excluding hydrogens is 268 g/mol. The molecule has 100 valence electrons. The summed E-state index contributed by atoms with van der Waals surface area (Å²) in [5, 5.41) is 3.09. The summed E-state index contributed by atoms with van der Waals surface area (Å²) in [6.07, 6.45) is 3.13. The van der Waals surface area contributed by atoms with E-state index in [1.165, 1.54) is 10.4 Å². The van der Waals surface area contributed by atoms with Gasteiger partial charge in [0.05, 0.1) is 5.92 Å². The summed E-state index contributed by atoms with van der Waals surface area (Å²) >= 11 is 1.76. The minimum Gasteiger partial charge on any atom is -0.453 e. The third kappa shape index (κ3) is 1.81. The second-order valence-corrected chi connectivity index (χ2v) is 6.26. The van der Waals surface area contributed by atoms with Gasteiger partial charge in [-0.2, -0.15) is 0 Å². The first-order valence-electron chi connectivity index (χ1n) is 6.92. The smallest absolute Gasteiger partial charge is 0.205 e. The van der Waals surface area contributed by atoms with E-state index in [0.717, 1.165) is 30.2 Å². The zero-order valence-corrected chi connectivity index (χ0v) is 11.8. The lowest BCUT2D eigenvalue weighted by Gasteiger charge is -2.20. The molecule has 0 radical (unpaired) electrons. The fraction of sp³-hybridized carbons (Fsp3) is 0.235. The molecule has 0 N–H and O–H groups in total. The standard InChI is InChI=1S/C17H14O2S/c18-17(13-5-3-7-16-12(13)8-9-20-16)15-10-11-4-1-2-6-14(11)19-15/h1-2,4,6,8-10,13H,3,5,7H2. The van der Waals surface area contributed by atoms with E-state index in [-0.39, 0.29) is 11.7 Å². The Morgan fingerprint density at radius 1 is 1.25 bits per heavy atom. The molecule has 0 saturated heterocycles. The molecule has 1 unspecified atom stereocenters. The predicted molar refractivity (Wildman–Crippen MR) is 80.5 cm³/mol. The normalized spacial score (nSPS) is 18.1. The van der Waals surface area contributed by atoms with Crippen LogP contribution < -0.4 is 0 Å². The number of para-hydroxylation sites is 1. The van der Waals surface area contributed by atoms with Crippen molar-refractivity contribution in [3.63, 3.8) is 0 Å². The maximum absolute atomic E-state index is 12.7. The zero-order valence-electron chi connectivity index (χ0n) is 11.0. The number of furan rings is 1. The van der Waals surface area contributed by atoms with Gasteiger partial charge < -0.3 is 4.42 Å². The van der Waals surface area contributed by atoms with Gasteiger partial charge in [-0.3, -0.25) is 4.79 Å². The Morgan fingerprint density at radius 3 is 3.05 bits per heavy atom. The highest BCUT2D eigenvalue weighted by Crippen LogP contribution is 2.37. The average molecular weight is 282 g/mol. The highest BCUT2D eigenvalue weighted by atomic mass is 32.1. The topological polar surface area (TPSA) is 30.2 Å². The Bertz CT molecular complexity index is 748. The van der Waals surface area contributed by atoms with Crippen LogP contribution in [-0.4, -0.2) is 5.78 Å². The van der Waals surface area contributed by atoms with Gasteiger partial charge in [0.15, 0.2) is 5.76 Å². The summed E-state index contributed by atoms with van der Waals surface area (Å²) in [4.78, 5) is 14.1. The molecule has 3 heteroatoms. The Labute approximate surface area is 121 Å². The van der Waals surface area contributed by atoms with Crippen LogP contribution in [0.25, 0.3) is 11.0 Å². The molecule has 2 nitrogen and oxygen atoms in total. The number of carbonyl (C=O) groups excluding carboxylic acids is 1. The molecule has 0 spiro atoms. The molecule has 0 bridgehead atoms. The van der Waals surface area contributed by atoms with Gasteiger partial charge in [-0.25, -0.2) is 0 Å². The van der Waals surface area contributed by atoms with Crippen molar-refractivity contribution in [1.82, 2.24) is 0 Å². The number of Topliss-reactive ketones (excluding diaryl/α,β-unsaturated/α-hetero) is 1. The minimum atomic E-state index is -0.0226. The predicted octanol–water partition coefficient (Wildman–Crippen LogP) is 4.80. The molecular formula is C17H14O2S. The zero-order chi connectivity index (χ0) is 13.5. The SMILES string of the molecule is O=C(c1cc2ccccc2o1)C1CCCc2sccc21. The number of fused-ring (bicyclic) bond motifs is 2. The summed E-state index contributed by atoms with van der Waals surface area (Å²) in [6.45, 7) is 0. The third-order valence-electron chi connectivity index (χ3n) is 4.04. The molecule has 1 atom stereocenters. The monoisotopic (exact) mass is 282 g/mol. The van der Waals surface area contributed by atoms with Crippen molar-refractivity contribution in [2.24, 2.45) is 0 Å². The van der Waals surface area contributed by atoms with Gasteiger partial charge in [-0.1, -0.05) is 18.2 Å². The lowest BCUT2D eigenvalue weighted by Crippen LogP contribution is -2.16. The van der Waals surface area contributed by atoms with Crippen molar-refractivity contribution in [3.05, 3.63) is 58.0 Å². The van der Waals surface area contributed by atoms with Gasteiger partial charge in [0.1, 0.15) is 5.58 Å². The number of aryl methyl sites for hydroxylation is 1. The van der Waals surface area contributed by atoms with Crippen LogP contribution >= 0.6 is 11.3 Å². The average Bonchev–Trinajstić information content (AvgIpc) is 3.12. The fourth-order valence-electron chi connectivity index (χ4n) is 3.03. The fourth-order valence-corrected chi connectivity index (χ4v) is 4.02. The number of thiophene rings is 1. The number of ketones is 1. The lowest BCUT2D eigenvalue weighted by molar-refractivity contribution is 0.0926. The van der Waals surface area contributed by atoms with Crippen molar-refractivity contribution in [1.29, 1.82) is 0 Å². The van der Waals surface area contributed by atoms with Crippen LogP contribution in [0.1, 0.15) is 39.8 Å². The Morgan fingerprint density at radius 2 is 2.15 bits per heavy atom. The van der Waals surface area contributed by atoms with Crippen LogP contribution in [0.3, 0.4) is 0 Å². The second kappa shape index (κ2) is 4.60. The molecule has 1 aliphatic carbocycles. The van der Waals surface area contributed by atoms with E-state index >= 15 is 0 Å². The van der Waals surface area contributed by atoms with Crippen LogP contribution in [0.4, 0.5) is 0 Å². The lowest BCUT2D eigenvalue weighted by atomic mass is 9.84. The van der Waals surface area contributed by atoms with Crippen molar-refractivity contribution in [2.75, 3.05) is 0 Å². The number of benzene rings is 1. The Balaban J connectivity index is 1.74. The summed E-state index contributed by atoms with van der Waals surface area (Å²) < 4.78 is 5.73. The molecule has 1 aliphatic rings. The number of rotatable bonds is 2. The molecule has 2 heterocycles. The Hall–Kier alpha value is -1.87. The van der Waals surface area contributed by atoms with Gasteiger partial charge >= 0.3 is 0 Å². The van der Waals surface area contributed by atoms with E-state index in [1.54, 1.807) is 11.3 Å². The van der Waals surface area contributed by atoms with Crippen molar-refractivity contribution >= 4 is 28.1 Å². The second-order valence-electron chi connectivity index (χ2n) is 5.26. The summed E-state index contributed by atoms with van der Waals surface area (Å²) in [5.74, 6) is 0.598. The van der Waals surface area contributed by atoms with Crippen molar-refractivity contribution < 1.29 is 9.21 Å². The number of hydrogen-bond acceptors (Lipinski definition) is 3. The number of carbonyl (C=O) groups is 1. The van der Waals surface area contributed by atoms with Gasteiger partial charge in [-0.05, 0) is 48.4 Å².